The summed E-state index contributed by atoms with van der Waals surface area (Å²) >= 11 is 0. The van der Waals surface area contributed by atoms with Crippen molar-refractivity contribution in [3.63, 3.8) is 0 Å². The van der Waals surface area contributed by atoms with Crippen LogP contribution >= 0.6 is 15.6 Å². The maximum atomic E-state index is 12.0. The van der Waals surface area contributed by atoms with E-state index in [2.05, 4.69) is 27.1 Å². The van der Waals surface area contributed by atoms with E-state index < -0.39 is 51.1 Å². The molecule has 16 heteroatoms. The molecule has 0 aliphatic carbocycles. The highest BCUT2D eigenvalue weighted by Gasteiger charge is 3.02. The Morgan fingerprint density at radius 1 is 0.773 bits per heavy atom. The normalized spacial score (nSPS) is 74.5. The van der Waals surface area contributed by atoms with Crippen molar-refractivity contribution in [1.29, 1.82) is 0 Å². The molecule has 0 saturated carbocycles. The molecule has 1 spiro atoms. The molecule has 14 nitrogen and oxygen atoms in total. The summed E-state index contributed by atoms with van der Waals surface area (Å²) in [5, 5.41) is 51.1. The first-order valence-corrected chi connectivity index (χ1v) is 8.49. The molecule has 5 aliphatic heterocycles. The minimum atomic E-state index is -4.79. The lowest BCUT2D eigenvalue weighted by atomic mass is 9.84. The van der Waals surface area contributed by atoms with E-state index >= 15 is 0 Å². The van der Waals surface area contributed by atoms with Gasteiger partial charge in [-0.2, -0.15) is 0 Å². The molecule has 4 bridgehead atoms. The van der Waals surface area contributed by atoms with Crippen LogP contribution < -0.4 is 0 Å². The molecule has 0 aromatic heterocycles. The van der Waals surface area contributed by atoms with Crippen molar-refractivity contribution < 1.29 is 66.5 Å². The molecule has 22 heavy (non-hydrogen) atoms. The SMILES string of the molecule is O=P12OC(O)[C@]3(O[C@]4(O)OP5(=O)O[C@](O)([C@@]3(O)O1)[C@]4(O)O5)O2. The molecule has 8 atom stereocenters. The van der Waals surface area contributed by atoms with Crippen molar-refractivity contribution in [2.24, 2.45) is 0 Å². The van der Waals surface area contributed by atoms with Gasteiger partial charge >= 0.3 is 33.2 Å². The molecule has 0 radical (unpaired) electrons. The molecule has 0 amide bonds. The van der Waals surface area contributed by atoms with Gasteiger partial charge in [0.25, 0.3) is 11.6 Å². The number of hydrogen-bond acceptors (Lipinski definition) is 14. The van der Waals surface area contributed by atoms with Crippen LogP contribution in [0.25, 0.3) is 0 Å². The van der Waals surface area contributed by atoms with Gasteiger partial charge in [0.1, 0.15) is 0 Å². The van der Waals surface area contributed by atoms with E-state index in [1.165, 1.54) is 0 Å². The highest BCUT2D eigenvalue weighted by molar-refractivity contribution is 7.49. The van der Waals surface area contributed by atoms with Crippen LogP contribution in [0.4, 0.5) is 0 Å². The number of fused-ring (bicyclic) bond motifs is 3. The third-order valence-corrected chi connectivity index (χ3v) is 6.77. The standard InChI is InChI=1S/C6H6O14P2/c7-1-2-3(8,17-21(12,14-1)16-2)4(9)5(10)6(11,15-2)20-22(13,18-4)19-5/h1,7-11H/t1?,2-,3-,4+,5-,6-,21?,22?/m0/s1. The van der Waals surface area contributed by atoms with Crippen LogP contribution in [-0.2, 0) is 41.0 Å². The van der Waals surface area contributed by atoms with Crippen molar-refractivity contribution in [2.75, 3.05) is 0 Å². The fraction of sp³-hybridized carbons (Fsp3) is 1.00. The molecular formula is C6H6O14P2. The number of ether oxygens (including phenoxy) is 1. The largest absolute Gasteiger partial charge is 0.485 e. The van der Waals surface area contributed by atoms with Gasteiger partial charge in [0.05, 0.1) is 0 Å². The summed E-state index contributed by atoms with van der Waals surface area (Å²) in [6.07, 6.45) is -2.37. The molecule has 0 aromatic rings. The molecule has 3 unspecified atom stereocenters. The lowest BCUT2D eigenvalue weighted by Gasteiger charge is -2.57. The van der Waals surface area contributed by atoms with E-state index in [1.54, 1.807) is 0 Å². The smallest absolute Gasteiger partial charge is 0.363 e. The average Bonchev–Trinajstić information content (AvgIpc) is 2.84. The molecule has 5 aliphatic rings. The van der Waals surface area contributed by atoms with E-state index in [0.717, 1.165) is 0 Å². The van der Waals surface area contributed by atoms with Gasteiger partial charge in [0, 0.05) is 0 Å². The number of aliphatic hydroxyl groups is 5. The Kier molecular flexibility index (Phi) is 2.02. The summed E-state index contributed by atoms with van der Waals surface area (Å²) in [5.74, 6) is -17.0. The predicted octanol–water partition coefficient (Wildman–Crippen LogP) is -2.89. The molecule has 0 aromatic carbocycles. The Morgan fingerprint density at radius 3 is 1.95 bits per heavy atom. The van der Waals surface area contributed by atoms with Gasteiger partial charge in [-0.25, -0.2) is 31.7 Å². The van der Waals surface area contributed by atoms with Crippen LogP contribution in [0.2, 0.25) is 0 Å². The van der Waals surface area contributed by atoms with Gasteiger partial charge < -0.3 is 25.5 Å². The van der Waals surface area contributed by atoms with Crippen LogP contribution in [0.3, 0.4) is 0 Å². The Hall–Kier alpha value is -0.0200. The monoisotopic (exact) mass is 364 g/mol. The van der Waals surface area contributed by atoms with Crippen molar-refractivity contribution in [2.45, 2.75) is 35.4 Å². The van der Waals surface area contributed by atoms with E-state index in [0.29, 0.717) is 0 Å². The highest BCUT2D eigenvalue weighted by Crippen LogP contribution is 2.85. The van der Waals surface area contributed by atoms with Crippen LogP contribution in [0.15, 0.2) is 0 Å². The summed E-state index contributed by atoms with van der Waals surface area (Å²) < 4.78 is 55.5. The topological polar surface area (TPSA) is 200 Å². The minimum absolute atomic E-state index is 2.37. The second kappa shape index (κ2) is 3.10. The zero-order chi connectivity index (χ0) is 16.0. The molecule has 5 N–H and O–H groups in total. The van der Waals surface area contributed by atoms with Crippen molar-refractivity contribution in [3.8, 4) is 0 Å². The fourth-order valence-corrected chi connectivity index (χ4v) is 6.30. The van der Waals surface area contributed by atoms with Crippen molar-refractivity contribution in [3.05, 3.63) is 0 Å². The molecule has 124 valence electrons. The Balaban J connectivity index is 1.83. The quantitative estimate of drug-likeness (QED) is 0.274. The first-order valence-electron chi connectivity index (χ1n) is 5.57. The third-order valence-electron chi connectivity index (χ3n) is 3.88. The second-order valence-electron chi connectivity index (χ2n) is 5.09. The van der Waals surface area contributed by atoms with Gasteiger partial charge in [-0.1, -0.05) is 0 Å². The number of aliphatic hydroxyl groups excluding tert-OH is 1. The average molecular weight is 364 g/mol. The zero-order valence-corrected chi connectivity index (χ0v) is 11.7. The van der Waals surface area contributed by atoms with Crippen LogP contribution in [0.5, 0.6) is 0 Å². The molecule has 5 fully saturated rings. The van der Waals surface area contributed by atoms with E-state index in [4.69, 9.17) is 4.74 Å². The molecular weight excluding hydrogens is 358 g/mol. The van der Waals surface area contributed by atoms with E-state index in [-0.39, 0.29) is 0 Å². The summed E-state index contributed by atoms with van der Waals surface area (Å²) in [7, 11) is -9.48. The first-order chi connectivity index (χ1) is 9.87. The summed E-state index contributed by atoms with van der Waals surface area (Å²) in [4.78, 5) is 0. The van der Waals surface area contributed by atoms with Gasteiger partial charge in [-0.15, -0.1) is 0 Å². The summed E-state index contributed by atoms with van der Waals surface area (Å²) in [5.41, 5.74) is 0. The fourth-order valence-electron chi connectivity index (χ4n) is 2.93. The Morgan fingerprint density at radius 2 is 1.36 bits per heavy atom. The molecule has 5 rings (SSSR count). The number of rotatable bonds is 0. The van der Waals surface area contributed by atoms with Gasteiger partial charge in [-0.3, -0.25) is 9.26 Å². The van der Waals surface area contributed by atoms with Crippen molar-refractivity contribution in [1.82, 2.24) is 0 Å². The van der Waals surface area contributed by atoms with Gasteiger partial charge in [0.2, 0.25) is 6.29 Å². The maximum Gasteiger partial charge on any atom is 0.485 e. The number of hydrogen-bond donors (Lipinski definition) is 5. The first kappa shape index (κ1) is 14.3. The third kappa shape index (κ3) is 1.05. The van der Waals surface area contributed by atoms with Crippen molar-refractivity contribution >= 4 is 15.6 Å². The molecule has 5 heterocycles. The minimum Gasteiger partial charge on any atom is -0.363 e. The Labute approximate surface area is 118 Å². The van der Waals surface area contributed by atoms with E-state index in [1.807, 2.05) is 0 Å². The predicted molar refractivity (Wildman–Crippen MR) is 51.3 cm³/mol. The van der Waals surface area contributed by atoms with Gasteiger partial charge in [0.15, 0.2) is 0 Å². The second-order valence-corrected chi connectivity index (χ2v) is 8.00. The molecule has 5 saturated heterocycles. The number of phosphoric acid groups is 2. The number of phosphoric ester groups is 2. The van der Waals surface area contributed by atoms with Crippen LogP contribution in [-0.4, -0.2) is 60.9 Å². The zero-order valence-electron chi connectivity index (χ0n) is 9.88. The van der Waals surface area contributed by atoms with E-state index in [9.17, 15) is 34.7 Å². The van der Waals surface area contributed by atoms with Crippen LogP contribution in [0, 0.1) is 0 Å². The summed E-state index contributed by atoms with van der Waals surface area (Å²) in [6.45, 7) is 0. The highest BCUT2D eigenvalue weighted by atomic mass is 31.2. The Bertz CT molecular complexity index is 718. The lowest BCUT2D eigenvalue weighted by Crippen LogP contribution is -2.88. The lowest BCUT2D eigenvalue weighted by molar-refractivity contribution is -0.608. The maximum absolute atomic E-state index is 12.0. The van der Waals surface area contributed by atoms with Gasteiger partial charge in [-0.05, 0) is 0 Å². The summed E-state index contributed by atoms with van der Waals surface area (Å²) in [6, 6.07) is 0. The van der Waals surface area contributed by atoms with Crippen LogP contribution in [0.1, 0.15) is 0 Å².